The normalized spacial score (nSPS) is 35.3. The van der Waals surface area contributed by atoms with Gasteiger partial charge in [0.25, 0.3) is 0 Å². The van der Waals surface area contributed by atoms with Gasteiger partial charge in [0.05, 0.1) is 5.54 Å². The molecule has 0 amide bonds. The lowest BCUT2D eigenvalue weighted by molar-refractivity contribution is 0.109. The first kappa shape index (κ1) is 11.2. The molecule has 0 spiro atoms. The first-order valence-electron chi connectivity index (χ1n) is 5.74. The monoisotopic (exact) mass is 223 g/mol. The summed E-state index contributed by atoms with van der Waals surface area (Å²) in [7, 11) is 0. The first-order valence-corrected chi connectivity index (χ1v) is 6.62. The number of hydrogen-bond donors (Lipinski definition) is 1. The smallest absolute Gasteiger partial charge is 0.0511 e. The van der Waals surface area contributed by atoms with Crippen LogP contribution in [-0.2, 0) is 5.54 Å². The zero-order chi connectivity index (χ0) is 11.1. The Bertz CT molecular complexity index is 328. The van der Waals surface area contributed by atoms with Crippen LogP contribution in [0.2, 0.25) is 0 Å². The van der Waals surface area contributed by atoms with Crippen LogP contribution in [0.1, 0.15) is 44.9 Å². The molecule has 1 aromatic rings. The van der Waals surface area contributed by atoms with E-state index in [9.17, 15) is 0 Å². The standard InChI is InChI=1S/C13H21NS/c1-10-7-12(2,3)9-13(14,8-10)11-5-4-6-15-11/h4-6,10H,7-9,14H2,1-3H3. The van der Waals surface area contributed by atoms with E-state index in [4.69, 9.17) is 5.73 Å². The average molecular weight is 223 g/mol. The summed E-state index contributed by atoms with van der Waals surface area (Å²) in [6.07, 6.45) is 3.55. The van der Waals surface area contributed by atoms with E-state index < -0.39 is 0 Å². The van der Waals surface area contributed by atoms with Crippen LogP contribution in [0.15, 0.2) is 17.5 Å². The lowest BCUT2D eigenvalue weighted by Crippen LogP contribution is -2.46. The van der Waals surface area contributed by atoms with Crippen molar-refractivity contribution in [1.82, 2.24) is 0 Å². The van der Waals surface area contributed by atoms with Gasteiger partial charge in [-0.1, -0.05) is 26.8 Å². The maximum Gasteiger partial charge on any atom is 0.0511 e. The highest BCUT2D eigenvalue weighted by molar-refractivity contribution is 7.10. The Morgan fingerprint density at radius 1 is 1.40 bits per heavy atom. The predicted octanol–water partition coefficient (Wildman–Crippen LogP) is 3.75. The molecule has 84 valence electrons. The molecule has 0 radical (unpaired) electrons. The minimum absolute atomic E-state index is 0.0741. The van der Waals surface area contributed by atoms with Crippen molar-refractivity contribution in [3.63, 3.8) is 0 Å². The van der Waals surface area contributed by atoms with E-state index in [1.54, 1.807) is 11.3 Å². The van der Waals surface area contributed by atoms with Crippen LogP contribution in [0.4, 0.5) is 0 Å². The maximum absolute atomic E-state index is 6.60. The van der Waals surface area contributed by atoms with Crippen LogP contribution in [0.5, 0.6) is 0 Å². The molecule has 0 aliphatic heterocycles. The molecule has 2 rings (SSSR count). The fourth-order valence-electron chi connectivity index (χ4n) is 3.39. The molecule has 0 saturated heterocycles. The van der Waals surface area contributed by atoms with Gasteiger partial charge in [0, 0.05) is 4.88 Å². The summed E-state index contributed by atoms with van der Waals surface area (Å²) in [6.45, 7) is 7.02. The van der Waals surface area contributed by atoms with Crippen LogP contribution in [0.3, 0.4) is 0 Å². The molecule has 2 unspecified atom stereocenters. The van der Waals surface area contributed by atoms with Crippen LogP contribution >= 0.6 is 11.3 Å². The Morgan fingerprint density at radius 2 is 2.13 bits per heavy atom. The van der Waals surface area contributed by atoms with E-state index in [1.807, 2.05) is 0 Å². The topological polar surface area (TPSA) is 26.0 Å². The maximum atomic E-state index is 6.60. The zero-order valence-electron chi connectivity index (χ0n) is 9.92. The molecule has 1 aromatic heterocycles. The highest BCUT2D eigenvalue weighted by Crippen LogP contribution is 2.48. The van der Waals surface area contributed by atoms with E-state index in [-0.39, 0.29) is 5.54 Å². The second-order valence-electron chi connectivity index (χ2n) is 5.99. The third-order valence-corrected chi connectivity index (χ3v) is 4.51. The SMILES string of the molecule is CC1CC(C)(C)CC(N)(c2cccs2)C1. The summed E-state index contributed by atoms with van der Waals surface area (Å²) < 4.78 is 0. The third kappa shape index (κ3) is 2.26. The fourth-order valence-corrected chi connectivity index (χ4v) is 4.24. The minimum atomic E-state index is -0.0741. The number of hydrogen-bond acceptors (Lipinski definition) is 2. The van der Waals surface area contributed by atoms with Gasteiger partial charge in [-0.05, 0) is 42.0 Å². The highest BCUT2D eigenvalue weighted by Gasteiger charge is 2.41. The van der Waals surface area contributed by atoms with Gasteiger partial charge in [0.15, 0.2) is 0 Å². The molecule has 2 atom stereocenters. The Kier molecular flexibility index (Phi) is 2.68. The molecule has 0 aromatic carbocycles. The Labute approximate surface area is 96.7 Å². The van der Waals surface area contributed by atoms with Crippen LogP contribution in [-0.4, -0.2) is 0 Å². The van der Waals surface area contributed by atoms with Crippen molar-refractivity contribution in [3.05, 3.63) is 22.4 Å². The van der Waals surface area contributed by atoms with Crippen LogP contribution in [0, 0.1) is 11.3 Å². The van der Waals surface area contributed by atoms with Crippen molar-refractivity contribution in [2.75, 3.05) is 0 Å². The minimum Gasteiger partial charge on any atom is -0.321 e. The predicted molar refractivity (Wildman–Crippen MR) is 67.0 cm³/mol. The molecule has 2 N–H and O–H groups in total. The third-order valence-electron chi connectivity index (χ3n) is 3.42. The lowest BCUT2D eigenvalue weighted by Gasteiger charge is -2.45. The highest BCUT2D eigenvalue weighted by atomic mass is 32.1. The second kappa shape index (κ2) is 3.60. The number of thiophene rings is 1. The lowest BCUT2D eigenvalue weighted by atomic mass is 9.64. The average Bonchev–Trinajstić information content (AvgIpc) is 2.49. The van der Waals surface area contributed by atoms with E-state index in [2.05, 4.69) is 38.3 Å². The summed E-state index contributed by atoms with van der Waals surface area (Å²) in [5.41, 5.74) is 6.91. The van der Waals surface area contributed by atoms with Crippen molar-refractivity contribution in [2.45, 2.75) is 45.6 Å². The zero-order valence-corrected chi connectivity index (χ0v) is 10.7. The van der Waals surface area contributed by atoms with Gasteiger partial charge in [-0.2, -0.15) is 0 Å². The first-order chi connectivity index (χ1) is 6.91. The summed E-state index contributed by atoms with van der Waals surface area (Å²) in [6, 6.07) is 4.31. The molecule has 1 aliphatic rings. The summed E-state index contributed by atoms with van der Waals surface area (Å²) >= 11 is 1.81. The van der Waals surface area contributed by atoms with Crippen molar-refractivity contribution in [3.8, 4) is 0 Å². The van der Waals surface area contributed by atoms with Gasteiger partial charge in [0.1, 0.15) is 0 Å². The molecular formula is C13H21NS. The van der Waals surface area contributed by atoms with Crippen molar-refractivity contribution in [2.24, 2.45) is 17.1 Å². The Morgan fingerprint density at radius 3 is 2.67 bits per heavy atom. The van der Waals surface area contributed by atoms with Crippen LogP contribution < -0.4 is 5.73 Å². The van der Waals surface area contributed by atoms with E-state index in [0.717, 1.165) is 18.8 Å². The van der Waals surface area contributed by atoms with Gasteiger partial charge in [0.2, 0.25) is 0 Å². The molecule has 0 bridgehead atoms. The molecule has 1 aliphatic carbocycles. The Hall–Kier alpha value is -0.340. The molecule has 2 heteroatoms. The van der Waals surface area contributed by atoms with Crippen LogP contribution in [0.25, 0.3) is 0 Å². The molecule has 15 heavy (non-hydrogen) atoms. The molecule has 1 nitrogen and oxygen atoms in total. The number of rotatable bonds is 1. The van der Waals surface area contributed by atoms with E-state index in [1.165, 1.54) is 11.3 Å². The summed E-state index contributed by atoms with van der Waals surface area (Å²) in [5, 5.41) is 2.14. The van der Waals surface area contributed by atoms with Crippen molar-refractivity contribution < 1.29 is 0 Å². The van der Waals surface area contributed by atoms with Crippen molar-refractivity contribution >= 4 is 11.3 Å². The number of nitrogens with two attached hydrogens (primary N) is 1. The fraction of sp³-hybridized carbons (Fsp3) is 0.692. The molecule has 1 heterocycles. The molecule has 1 fully saturated rings. The summed E-state index contributed by atoms with van der Waals surface area (Å²) in [5.74, 6) is 0.737. The van der Waals surface area contributed by atoms with Gasteiger partial charge >= 0.3 is 0 Å². The van der Waals surface area contributed by atoms with Crippen molar-refractivity contribution in [1.29, 1.82) is 0 Å². The van der Waals surface area contributed by atoms with E-state index >= 15 is 0 Å². The van der Waals surface area contributed by atoms with E-state index in [0.29, 0.717) is 5.41 Å². The van der Waals surface area contributed by atoms with Gasteiger partial charge in [-0.25, -0.2) is 0 Å². The Balaban J connectivity index is 2.28. The molecule has 1 saturated carbocycles. The second-order valence-corrected chi connectivity index (χ2v) is 6.94. The largest absolute Gasteiger partial charge is 0.321 e. The van der Waals surface area contributed by atoms with Gasteiger partial charge in [-0.3, -0.25) is 0 Å². The van der Waals surface area contributed by atoms with Gasteiger partial charge < -0.3 is 5.73 Å². The van der Waals surface area contributed by atoms with Gasteiger partial charge in [-0.15, -0.1) is 11.3 Å². The molecular weight excluding hydrogens is 202 g/mol. The summed E-state index contributed by atoms with van der Waals surface area (Å²) in [4.78, 5) is 1.36. The quantitative estimate of drug-likeness (QED) is 0.771.